The Kier molecular flexibility index (Phi) is 2.79. The molecule has 0 saturated carbocycles. The molecule has 0 amide bonds. The number of rotatable bonds is 2. The molecule has 0 bridgehead atoms. The van der Waals surface area contributed by atoms with E-state index in [9.17, 15) is 0 Å². The normalized spacial score (nSPS) is 9.29. The van der Waals surface area contributed by atoms with Crippen LogP contribution >= 0.6 is 0 Å². The van der Waals surface area contributed by atoms with Gasteiger partial charge in [0.15, 0.2) is 0 Å². The van der Waals surface area contributed by atoms with Gasteiger partial charge in [0.25, 0.3) is 0 Å². The third kappa shape index (κ3) is 5.04. The van der Waals surface area contributed by atoms with Crippen LogP contribution < -0.4 is 5.90 Å². The minimum atomic E-state index is -0.0783. The second kappa shape index (κ2) is 3.24. The molecule has 3 N–H and O–H groups in total. The van der Waals surface area contributed by atoms with Crippen molar-refractivity contribution in [2.75, 3.05) is 0 Å². The van der Waals surface area contributed by atoms with Gasteiger partial charge in [0.05, 0.1) is 0 Å². The Morgan fingerprint density at radius 1 is 1.86 bits per heavy atom. The average Bonchev–Trinajstić information content (AvgIpc) is 1.61. The van der Waals surface area contributed by atoms with E-state index in [1.54, 1.807) is 0 Å². The summed E-state index contributed by atoms with van der Waals surface area (Å²) in [4.78, 5) is 3.95. The van der Waals surface area contributed by atoms with E-state index in [-0.39, 0.29) is 5.76 Å². The second-order valence-electron chi connectivity index (χ2n) is 0.930. The van der Waals surface area contributed by atoms with Crippen LogP contribution in [0.1, 0.15) is 0 Å². The summed E-state index contributed by atoms with van der Waals surface area (Å²) in [5.74, 6) is 4.46. The smallest absolute Gasteiger partial charge is 0.114 e. The Hall–Kier alpha value is -0.960. The van der Waals surface area contributed by atoms with Gasteiger partial charge in [0, 0.05) is 6.08 Å². The minimum Gasteiger partial charge on any atom is -0.508 e. The number of aliphatic hydroxyl groups is 1. The lowest BCUT2D eigenvalue weighted by Gasteiger charge is -1.82. The summed E-state index contributed by atoms with van der Waals surface area (Å²) < 4.78 is 0. The molecule has 7 heavy (non-hydrogen) atoms. The van der Waals surface area contributed by atoms with Crippen LogP contribution in [0.2, 0.25) is 0 Å². The summed E-state index contributed by atoms with van der Waals surface area (Å²) in [5, 5.41) is 8.27. The molecule has 0 aromatic heterocycles. The molecule has 40 valence electrons. The maximum atomic E-state index is 8.27. The first kappa shape index (κ1) is 6.04. The molecule has 0 heterocycles. The number of aliphatic hydroxyl groups excluding tert-OH is 1. The molecule has 0 spiro atoms. The van der Waals surface area contributed by atoms with E-state index in [1.165, 1.54) is 6.08 Å². The van der Waals surface area contributed by atoms with Crippen LogP contribution in [0.5, 0.6) is 0 Å². The zero-order valence-corrected chi connectivity index (χ0v) is 3.79. The predicted octanol–water partition coefficient (Wildman–Crippen LogP) is 0.462. The summed E-state index contributed by atoms with van der Waals surface area (Å²) in [7, 11) is 0. The van der Waals surface area contributed by atoms with Crippen molar-refractivity contribution < 1.29 is 9.94 Å². The molecule has 0 aliphatic carbocycles. The molecule has 0 radical (unpaired) electrons. The van der Waals surface area contributed by atoms with Crippen LogP contribution in [0.3, 0.4) is 0 Å². The van der Waals surface area contributed by atoms with Crippen LogP contribution in [0.4, 0.5) is 0 Å². The number of nitrogens with two attached hydrogens (primary N) is 1. The molecular formula is C4H7NO2. The summed E-state index contributed by atoms with van der Waals surface area (Å²) in [6.07, 6.45) is 2.36. The summed E-state index contributed by atoms with van der Waals surface area (Å²) in [6, 6.07) is 0. The van der Waals surface area contributed by atoms with Crippen LogP contribution in [-0.4, -0.2) is 5.11 Å². The molecule has 0 rings (SSSR count). The van der Waals surface area contributed by atoms with E-state index in [4.69, 9.17) is 5.11 Å². The fraction of sp³-hybridized carbons (Fsp3) is 0. The summed E-state index contributed by atoms with van der Waals surface area (Å²) >= 11 is 0. The van der Waals surface area contributed by atoms with E-state index in [0.29, 0.717) is 0 Å². The maximum absolute atomic E-state index is 8.27. The topological polar surface area (TPSA) is 55.5 Å². The zero-order valence-electron chi connectivity index (χ0n) is 3.79. The first-order valence-corrected chi connectivity index (χ1v) is 1.67. The van der Waals surface area contributed by atoms with Crippen molar-refractivity contribution in [2.45, 2.75) is 0 Å². The van der Waals surface area contributed by atoms with E-state index >= 15 is 0 Å². The van der Waals surface area contributed by atoms with Gasteiger partial charge in [-0.3, -0.25) is 0 Å². The maximum Gasteiger partial charge on any atom is 0.114 e. The highest BCUT2D eigenvalue weighted by Gasteiger charge is 1.71. The molecule has 3 nitrogen and oxygen atoms in total. The molecule has 0 aromatic carbocycles. The minimum absolute atomic E-state index is 0.0783. The van der Waals surface area contributed by atoms with Crippen molar-refractivity contribution in [3.63, 3.8) is 0 Å². The number of hydrogen-bond donors (Lipinski definition) is 2. The Labute approximate surface area is 41.7 Å². The number of allylic oxidation sites excluding steroid dienone is 1. The third-order valence-electron chi connectivity index (χ3n) is 0.339. The molecule has 0 atom stereocenters. The van der Waals surface area contributed by atoms with Gasteiger partial charge in [-0.15, -0.1) is 0 Å². The molecule has 0 fully saturated rings. The lowest BCUT2D eigenvalue weighted by molar-refractivity contribution is 0.259. The highest BCUT2D eigenvalue weighted by molar-refractivity contribution is 5.01. The van der Waals surface area contributed by atoms with Gasteiger partial charge in [-0.05, 0) is 0 Å². The van der Waals surface area contributed by atoms with Gasteiger partial charge in [-0.1, -0.05) is 6.58 Å². The Morgan fingerprint density at radius 3 is 2.57 bits per heavy atom. The monoisotopic (exact) mass is 101 g/mol. The highest BCUT2D eigenvalue weighted by Crippen LogP contribution is 1.81. The quantitative estimate of drug-likeness (QED) is 0.302. The first-order valence-electron chi connectivity index (χ1n) is 1.67. The van der Waals surface area contributed by atoms with Crippen molar-refractivity contribution in [3.05, 3.63) is 24.7 Å². The lowest BCUT2D eigenvalue weighted by atomic mass is 10.5. The number of hydrogen-bond acceptors (Lipinski definition) is 3. The van der Waals surface area contributed by atoms with Gasteiger partial charge in [-0.25, -0.2) is 0 Å². The van der Waals surface area contributed by atoms with Crippen LogP contribution in [-0.2, 0) is 4.84 Å². The Bertz CT molecular complexity index is 87.7. The molecule has 0 saturated heterocycles. The van der Waals surface area contributed by atoms with Gasteiger partial charge >= 0.3 is 0 Å². The van der Waals surface area contributed by atoms with Crippen LogP contribution in [0.15, 0.2) is 24.7 Å². The first-order chi connectivity index (χ1) is 3.27. The average molecular weight is 101 g/mol. The van der Waals surface area contributed by atoms with Crippen LogP contribution in [0, 0.1) is 0 Å². The largest absolute Gasteiger partial charge is 0.508 e. The zero-order chi connectivity index (χ0) is 5.70. The standard InChI is InChI=1S/C4H7NO2/c1-4(6)2-3-7-5/h2-3,6H,1,5H2/b3-2-. The fourth-order valence-electron chi connectivity index (χ4n) is 0.118. The molecule has 0 unspecified atom stereocenters. The van der Waals surface area contributed by atoms with Gasteiger partial charge in [-0.2, -0.15) is 5.90 Å². The summed E-state index contributed by atoms with van der Waals surface area (Å²) in [5.41, 5.74) is 0. The lowest BCUT2D eigenvalue weighted by Crippen LogP contribution is -1.87. The SMILES string of the molecule is C=C(O)/C=C\ON. The molecule has 0 aliphatic heterocycles. The summed E-state index contributed by atoms with van der Waals surface area (Å²) in [6.45, 7) is 3.13. The van der Waals surface area contributed by atoms with E-state index in [0.717, 1.165) is 6.26 Å². The van der Waals surface area contributed by atoms with Crippen molar-refractivity contribution in [1.82, 2.24) is 0 Å². The fourth-order valence-corrected chi connectivity index (χ4v) is 0.118. The van der Waals surface area contributed by atoms with Crippen molar-refractivity contribution >= 4 is 0 Å². The Balaban J connectivity index is 3.26. The van der Waals surface area contributed by atoms with Crippen molar-refractivity contribution in [1.29, 1.82) is 0 Å². The Morgan fingerprint density at radius 2 is 2.43 bits per heavy atom. The molecule has 0 aromatic rings. The molecular weight excluding hydrogens is 94.0 g/mol. The van der Waals surface area contributed by atoms with E-state index in [1.807, 2.05) is 0 Å². The molecule has 3 heteroatoms. The van der Waals surface area contributed by atoms with Crippen LogP contribution in [0.25, 0.3) is 0 Å². The van der Waals surface area contributed by atoms with Crippen molar-refractivity contribution in [2.24, 2.45) is 5.90 Å². The molecule has 0 aliphatic rings. The van der Waals surface area contributed by atoms with Crippen molar-refractivity contribution in [3.8, 4) is 0 Å². The second-order valence-corrected chi connectivity index (χ2v) is 0.930. The van der Waals surface area contributed by atoms with E-state index in [2.05, 4.69) is 17.3 Å². The highest BCUT2D eigenvalue weighted by atomic mass is 16.6. The van der Waals surface area contributed by atoms with E-state index < -0.39 is 0 Å². The predicted molar refractivity (Wildman–Crippen MR) is 26.2 cm³/mol. The third-order valence-corrected chi connectivity index (χ3v) is 0.339. The van der Waals surface area contributed by atoms with Gasteiger partial charge < -0.3 is 9.94 Å². The van der Waals surface area contributed by atoms with Gasteiger partial charge in [0.2, 0.25) is 0 Å². The van der Waals surface area contributed by atoms with Gasteiger partial charge in [0.1, 0.15) is 12.0 Å².